The second-order valence-corrected chi connectivity index (χ2v) is 14.0. The predicted octanol–water partition coefficient (Wildman–Crippen LogP) is 7.99. The summed E-state index contributed by atoms with van der Waals surface area (Å²) in [5.41, 5.74) is 7.59. The Morgan fingerprint density at radius 1 is 1.00 bits per heavy atom. The van der Waals surface area contributed by atoms with Crippen LogP contribution < -0.4 is 4.74 Å². The SMILES string of the molecule is CC(C)N1CCC(N2CCn3c(c(C4CCCCC4)c4sc(C(=O)O)cc43)-c3ccc(OCc4ccccc4)cc3C2)C1. The minimum absolute atomic E-state index is 0.449. The van der Waals surface area contributed by atoms with Crippen LogP contribution >= 0.6 is 11.3 Å². The molecular weight excluding hydrogens is 554 g/mol. The first kappa shape index (κ1) is 28.6. The van der Waals surface area contributed by atoms with E-state index in [0.717, 1.165) is 44.0 Å². The van der Waals surface area contributed by atoms with Crippen molar-refractivity contribution < 1.29 is 14.6 Å². The number of aromatic carboxylic acids is 1. The molecule has 43 heavy (non-hydrogen) atoms. The molecule has 1 aliphatic carbocycles. The molecule has 7 rings (SSSR count). The van der Waals surface area contributed by atoms with Gasteiger partial charge in [0.25, 0.3) is 0 Å². The van der Waals surface area contributed by atoms with Crippen molar-refractivity contribution in [2.45, 2.75) is 90.1 Å². The van der Waals surface area contributed by atoms with Gasteiger partial charge in [-0.3, -0.25) is 9.80 Å². The number of carboxylic acid groups (broad SMARTS) is 1. The number of carboxylic acids is 1. The molecule has 1 saturated carbocycles. The van der Waals surface area contributed by atoms with Crippen molar-refractivity contribution in [2.75, 3.05) is 19.6 Å². The Labute approximate surface area is 258 Å². The van der Waals surface area contributed by atoms with Gasteiger partial charge in [0.1, 0.15) is 17.2 Å². The van der Waals surface area contributed by atoms with E-state index in [-0.39, 0.29) is 0 Å². The zero-order valence-electron chi connectivity index (χ0n) is 25.4. The zero-order valence-corrected chi connectivity index (χ0v) is 26.2. The lowest BCUT2D eigenvalue weighted by atomic mass is 9.82. The van der Waals surface area contributed by atoms with E-state index >= 15 is 0 Å². The Morgan fingerprint density at radius 3 is 2.56 bits per heavy atom. The van der Waals surface area contributed by atoms with E-state index in [0.29, 0.717) is 29.5 Å². The topological polar surface area (TPSA) is 57.9 Å². The van der Waals surface area contributed by atoms with Crippen molar-refractivity contribution >= 4 is 27.5 Å². The van der Waals surface area contributed by atoms with Gasteiger partial charge in [0.15, 0.2) is 0 Å². The monoisotopic (exact) mass is 597 g/mol. The van der Waals surface area contributed by atoms with Crippen LogP contribution in [0.4, 0.5) is 0 Å². The minimum atomic E-state index is -0.821. The van der Waals surface area contributed by atoms with Crippen LogP contribution in [0.1, 0.15) is 84.7 Å². The van der Waals surface area contributed by atoms with E-state index < -0.39 is 5.97 Å². The number of fused-ring (bicyclic) bond motifs is 5. The van der Waals surface area contributed by atoms with E-state index in [1.807, 2.05) is 12.1 Å². The van der Waals surface area contributed by atoms with Gasteiger partial charge in [0, 0.05) is 50.4 Å². The van der Waals surface area contributed by atoms with Crippen LogP contribution in [0.2, 0.25) is 0 Å². The highest BCUT2D eigenvalue weighted by atomic mass is 32.1. The maximum absolute atomic E-state index is 12.1. The third kappa shape index (κ3) is 5.63. The summed E-state index contributed by atoms with van der Waals surface area (Å²) in [6.07, 6.45) is 7.33. The van der Waals surface area contributed by atoms with Gasteiger partial charge in [-0.15, -0.1) is 11.3 Å². The Hall–Kier alpha value is -3.13. The third-order valence-corrected chi connectivity index (χ3v) is 11.1. The normalized spacial score (nSPS) is 20.2. The summed E-state index contributed by atoms with van der Waals surface area (Å²) in [6, 6.07) is 20.1. The average molecular weight is 598 g/mol. The number of aromatic nitrogens is 1. The van der Waals surface area contributed by atoms with Gasteiger partial charge in [-0.1, -0.05) is 49.6 Å². The number of hydrogen-bond donors (Lipinski definition) is 1. The lowest BCUT2D eigenvalue weighted by molar-refractivity contribution is 0.0702. The molecule has 3 aliphatic rings. The van der Waals surface area contributed by atoms with Crippen molar-refractivity contribution in [2.24, 2.45) is 0 Å². The molecule has 0 bridgehead atoms. The molecule has 6 nitrogen and oxygen atoms in total. The lowest BCUT2D eigenvalue weighted by Crippen LogP contribution is -2.41. The predicted molar refractivity (Wildman–Crippen MR) is 174 cm³/mol. The van der Waals surface area contributed by atoms with Crippen molar-refractivity contribution in [3.05, 3.63) is 76.2 Å². The first-order valence-electron chi connectivity index (χ1n) is 16.1. The van der Waals surface area contributed by atoms with Crippen molar-refractivity contribution in [1.29, 1.82) is 0 Å². The fourth-order valence-electron chi connectivity index (χ4n) is 7.68. The molecule has 0 radical (unpaired) electrons. The van der Waals surface area contributed by atoms with E-state index in [4.69, 9.17) is 4.74 Å². The molecule has 2 aromatic heterocycles. The molecule has 1 unspecified atom stereocenters. The van der Waals surface area contributed by atoms with E-state index in [1.54, 1.807) is 0 Å². The number of likely N-dealkylation sites (tertiary alicyclic amines) is 1. The summed E-state index contributed by atoms with van der Waals surface area (Å²) >= 11 is 1.48. The van der Waals surface area contributed by atoms with Gasteiger partial charge >= 0.3 is 5.97 Å². The number of ether oxygens (including phenoxy) is 1. The zero-order chi connectivity index (χ0) is 29.5. The molecule has 1 N–H and O–H groups in total. The molecular formula is C36H43N3O3S. The van der Waals surface area contributed by atoms with Gasteiger partial charge < -0.3 is 14.4 Å². The molecule has 2 fully saturated rings. The molecule has 1 atom stereocenters. The lowest BCUT2D eigenvalue weighted by Gasteiger charge is -2.34. The number of thiophene rings is 1. The fourth-order valence-corrected chi connectivity index (χ4v) is 8.81. The fraction of sp³-hybridized carbons (Fsp3) is 0.472. The van der Waals surface area contributed by atoms with E-state index in [9.17, 15) is 9.90 Å². The number of benzene rings is 2. The highest BCUT2D eigenvalue weighted by molar-refractivity contribution is 7.21. The Balaban J connectivity index is 1.33. The van der Waals surface area contributed by atoms with E-state index in [2.05, 4.69) is 70.7 Å². The Kier molecular flexibility index (Phi) is 8.06. The number of hydrogen-bond acceptors (Lipinski definition) is 5. The summed E-state index contributed by atoms with van der Waals surface area (Å²) in [7, 11) is 0. The smallest absolute Gasteiger partial charge is 0.345 e. The summed E-state index contributed by atoms with van der Waals surface area (Å²) in [4.78, 5) is 17.9. The van der Waals surface area contributed by atoms with Crippen LogP contribution in [0.15, 0.2) is 54.6 Å². The van der Waals surface area contributed by atoms with E-state index in [1.165, 1.54) is 82.5 Å². The molecule has 4 heterocycles. The summed E-state index contributed by atoms with van der Waals surface area (Å²) in [5.74, 6) is 0.559. The van der Waals surface area contributed by atoms with Gasteiger partial charge in [-0.2, -0.15) is 0 Å². The van der Waals surface area contributed by atoms with Gasteiger partial charge in [0.2, 0.25) is 0 Å². The van der Waals surface area contributed by atoms with Crippen LogP contribution in [0, 0.1) is 0 Å². The second kappa shape index (κ2) is 12.1. The Morgan fingerprint density at radius 2 is 1.81 bits per heavy atom. The first-order chi connectivity index (χ1) is 21.0. The maximum atomic E-state index is 12.1. The van der Waals surface area contributed by atoms with Crippen molar-refractivity contribution in [3.63, 3.8) is 0 Å². The molecule has 1 saturated heterocycles. The highest BCUT2D eigenvalue weighted by Crippen LogP contribution is 2.48. The molecule has 226 valence electrons. The molecule has 0 amide bonds. The molecule has 0 spiro atoms. The molecule has 4 aromatic rings. The molecule has 2 aliphatic heterocycles. The van der Waals surface area contributed by atoms with Crippen LogP contribution in [0.3, 0.4) is 0 Å². The van der Waals surface area contributed by atoms with Crippen LogP contribution in [0.25, 0.3) is 21.5 Å². The third-order valence-electron chi connectivity index (χ3n) is 10.0. The van der Waals surface area contributed by atoms with Crippen LogP contribution in [-0.2, 0) is 19.7 Å². The van der Waals surface area contributed by atoms with Gasteiger partial charge in [-0.05, 0) is 80.0 Å². The van der Waals surface area contributed by atoms with Gasteiger partial charge in [-0.25, -0.2) is 4.79 Å². The summed E-state index contributed by atoms with van der Waals surface area (Å²) < 4.78 is 10.0. The molecule has 2 aromatic carbocycles. The largest absolute Gasteiger partial charge is 0.489 e. The quantitative estimate of drug-likeness (QED) is 0.234. The highest BCUT2D eigenvalue weighted by Gasteiger charge is 2.34. The maximum Gasteiger partial charge on any atom is 0.345 e. The van der Waals surface area contributed by atoms with Crippen molar-refractivity contribution in [1.82, 2.24) is 14.4 Å². The first-order valence-corrected chi connectivity index (χ1v) is 16.9. The minimum Gasteiger partial charge on any atom is -0.489 e. The summed E-state index contributed by atoms with van der Waals surface area (Å²) in [6.45, 7) is 10.1. The van der Waals surface area contributed by atoms with Crippen LogP contribution in [-0.4, -0.2) is 57.2 Å². The number of rotatable bonds is 7. The van der Waals surface area contributed by atoms with Gasteiger partial charge in [0.05, 0.1) is 15.9 Å². The average Bonchev–Trinajstić information content (AvgIpc) is 3.74. The second-order valence-electron chi connectivity index (χ2n) is 13.0. The Bertz CT molecular complexity index is 1600. The van der Waals surface area contributed by atoms with Crippen LogP contribution in [0.5, 0.6) is 5.75 Å². The standard InChI is InChI=1S/C36H43N3O3S/c1-24(2)37-16-15-28(22-37)38-17-18-39-31-20-32(36(40)41)43-35(31)33(26-11-7-4-8-12-26)34(39)30-14-13-29(19-27(30)21-38)42-23-25-9-5-3-6-10-25/h3,5-6,9-10,13-14,19-20,24,26,28H,4,7-8,11-12,15-18,21-23H2,1-2H3,(H,40,41). The van der Waals surface area contributed by atoms with Crippen molar-refractivity contribution in [3.8, 4) is 17.0 Å². The number of nitrogens with zero attached hydrogens (tertiary/aromatic N) is 3. The molecule has 7 heteroatoms. The number of carbonyl (C=O) groups is 1. The summed E-state index contributed by atoms with van der Waals surface area (Å²) in [5, 5.41) is 9.96.